The summed E-state index contributed by atoms with van der Waals surface area (Å²) in [6.07, 6.45) is 0.612. The minimum Gasteiger partial charge on any atom is -0.392 e. The summed E-state index contributed by atoms with van der Waals surface area (Å²) in [5.41, 5.74) is 7.08. The molecule has 0 saturated heterocycles. The predicted octanol–water partition coefficient (Wildman–Crippen LogP) is 0.855. The molecule has 1 rings (SSSR count). The zero-order chi connectivity index (χ0) is 11.3. The van der Waals surface area contributed by atoms with Crippen molar-refractivity contribution in [3.63, 3.8) is 0 Å². The maximum atomic E-state index is 11.4. The number of nitrogens with two attached hydrogens (primary N) is 1. The first kappa shape index (κ1) is 11.7. The number of hydrogen-bond donors (Lipinski definition) is 3. The number of aliphatic hydroxyl groups is 1. The monoisotopic (exact) mass is 208 g/mol. The summed E-state index contributed by atoms with van der Waals surface area (Å²) in [5, 5.41) is 11.5. The Kier molecular flexibility index (Phi) is 4.27. The first-order valence-corrected chi connectivity index (χ1v) is 4.93. The van der Waals surface area contributed by atoms with Gasteiger partial charge < -0.3 is 16.2 Å². The van der Waals surface area contributed by atoms with E-state index in [9.17, 15) is 4.79 Å². The first-order chi connectivity index (χ1) is 7.17. The Morgan fingerprint density at radius 2 is 2.07 bits per heavy atom. The average Bonchev–Trinajstić information content (AvgIpc) is 2.29. The predicted molar refractivity (Wildman–Crippen MR) is 59.3 cm³/mol. The van der Waals surface area contributed by atoms with E-state index in [0.717, 1.165) is 5.56 Å². The second kappa shape index (κ2) is 5.48. The molecule has 0 saturated carbocycles. The van der Waals surface area contributed by atoms with E-state index >= 15 is 0 Å². The van der Waals surface area contributed by atoms with Gasteiger partial charge in [-0.15, -0.1) is 0 Å². The molecule has 4 N–H and O–H groups in total. The highest BCUT2D eigenvalue weighted by atomic mass is 16.3. The molecule has 1 atom stereocenters. The van der Waals surface area contributed by atoms with Gasteiger partial charge in [0, 0.05) is 5.69 Å². The fraction of sp³-hybridized carbons (Fsp3) is 0.364. The van der Waals surface area contributed by atoms with Crippen LogP contribution in [0.2, 0.25) is 0 Å². The SMILES string of the molecule is CC[C@H](N)C(=O)Nc1ccc(CO)cc1. The summed E-state index contributed by atoms with van der Waals surface area (Å²) in [6.45, 7) is 1.86. The smallest absolute Gasteiger partial charge is 0.241 e. The molecular formula is C11H16N2O2. The number of carbonyl (C=O) groups excluding carboxylic acids is 1. The van der Waals surface area contributed by atoms with Gasteiger partial charge in [-0.25, -0.2) is 0 Å². The van der Waals surface area contributed by atoms with Crippen LogP contribution in [-0.2, 0) is 11.4 Å². The largest absolute Gasteiger partial charge is 0.392 e. The molecule has 0 aliphatic rings. The normalized spacial score (nSPS) is 12.2. The number of hydrogen-bond acceptors (Lipinski definition) is 3. The third-order valence-electron chi connectivity index (χ3n) is 2.18. The molecule has 4 nitrogen and oxygen atoms in total. The Hall–Kier alpha value is -1.39. The van der Waals surface area contributed by atoms with Gasteiger partial charge >= 0.3 is 0 Å². The molecular weight excluding hydrogens is 192 g/mol. The maximum absolute atomic E-state index is 11.4. The molecule has 1 amide bonds. The molecule has 0 radical (unpaired) electrons. The second-order valence-electron chi connectivity index (χ2n) is 3.36. The number of carbonyl (C=O) groups is 1. The lowest BCUT2D eigenvalue weighted by Gasteiger charge is -2.10. The van der Waals surface area contributed by atoms with E-state index in [1.165, 1.54) is 0 Å². The molecule has 1 aromatic carbocycles. The molecule has 0 aliphatic carbocycles. The number of amides is 1. The fourth-order valence-electron chi connectivity index (χ4n) is 1.11. The molecule has 0 aliphatic heterocycles. The average molecular weight is 208 g/mol. The topological polar surface area (TPSA) is 75.4 Å². The van der Waals surface area contributed by atoms with Crippen molar-refractivity contribution in [2.75, 3.05) is 5.32 Å². The van der Waals surface area contributed by atoms with E-state index in [4.69, 9.17) is 10.8 Å². The van der Waals surface area contributed by atoms with Gasteiger partial charge in [0.1, 0.15) is 0 Å². The third-order valence-corrected chi connectivity index (χ3v) is 2.18. The second-order valence-corrected chi connectivity index (χ2v) is 3.36. The molecule has 15 heavy (non-hydrogen) atoms. The number of aliphatic hydroxyl groups excluding tert-OH is 1. The van der Waals surface area contributed by atoms with Crippen LogP contribution in [0.5, 0.6) is 0 Å². The Bertz CT molecular complexity index is 322. The highest BCUT2D eigenvalue weighted by Gasteiger charge is 2.10. The van der Waals surface area contributed by atoms with Gasteiger partial charge in [-0.3, -0.25) is 4.79 Å². The maximum Gasteiger partial charge on any atom is 0.241 e. The highest BCUT2D eigenvalue weighted by molar-refractivity contribution is 5.94. The summed E-state index contributed by atoms with van der Waals surface area (Å²) in [6, 6.07) is 6.53. The minimum absolute atomic E-state index is 0.00268. The lowest BCUT2D eigenvalue weighted by atomic mass is 10.2. The van der Waals surface area contributed by atoms with Crippen molar-refractivity contribution in [2.24, 2.45) is 5.73 Å². The van der Waals surface area contributed by atoms with Crippen LogP contribution in [0.15, 0.2) is 24.3 Å². The van der Waals surface area contributed by atoms with Crippen LogP contribution in [0.4, 0.5) is 5.69 Å². The summed E-state index contributed by atoms with van der Waals surface area (Å²) in [5.74, 6) is -0.186. The van der Waals surface area contributed by atoms with Gasteiger partial charge in [-0.1, -0.05) is 19.1 Å². The van der Waals surface area contributed by atoms with Gasteiger partial charge in [-0.2, -0.15) is 0 Å². The Balaban J connectivity index is 2.61. The summed E-state index contributed by atoms with van der Waals surface area (Å²) >= 11 is 0. The van der Waals surface area contributed by atoms with Crippen molar-refractivity contribution >= 4 is 11.6 Å². The zero-order valence-electron chi connectivity index (χ0n) is 8.73. The van der Waals surface area contributed by atoms with Crippen LogP contribution in [0, 0.1) is 0 Å². The molecule has 82 valence electrons. The van der Waals surface area contributed by atoms with Crippen molar-refractivity contribution in [3.8, 4) is 0 Å². The number of anilines is 1. The van der Waals surface area contributed by atoms with Gasteiger partial charge in [0.05, 0.1) is 12.6 Å². The van der Waals surface area contributed by atoms with E-state index in [1.54, 1.807) is 24.3 Å². The minimum atomic E-state index is -0.470. The van der Waals surface area contributed by atoms with Crippen LogP contribution < -0.4 is 11.1 Å². The van der Waals surface area contributed by atoms with Crippen LogP contribution in [0.1, 0.15) is 18.9 Å². The first-order valence-electron chi connectivity index (χ1n) is 4.93. The quantitative estimate of drug-likeness (QED) is 0.686. The van der Waals surface area contributed by atoms with Crippen molar-refractivity contribution in [1.29, 1.82) is 0 Å². The Labute approximate surface area is 89.1 Å². The highest BCUT2D eigenvalue weighted by Crippen LogP contribution is 2.09. The van der Waals surface area contributed by atoms with Gasteiger partial charge in [-0.05, 0) is 24.1 Å². The molecule has 0 bridgehead atoms. The Morgan fingerprint density at radius 3 is 2.53 bits per heavy atom. The van der Waals surface area contributed by atoms with E-state index in [-0.39, 0.29) is 12.5 Å². The molecule has 0 aromatic heterocycles. The van der Waals surface area contributed by atoms with E-state index in [0.29, 0.717) is 12.1 Å². The van der Waals surface area contributed by atoms with Crippen LogP contribution in [-0.4, -0.2) is 17.1 Å². The van der Waals surface area contributed by atoms with Gasteiger partial charge in [0.25, 0.3) is 0 Å². The van der Waals surface area contributed by atoms with Crippen molar-refractivity contribution in [3.05, 3.63) is 29.8 Å². The lowest BCUT2D eigenvalue weighted by Crippen LogP contribution is -2.34. The van der Waals surface area contributed by atoms with Crippen LogP contribution in [0.3, 0.4) is 0 Å². The van der Waals surface area contributed by atoms with E-state index in [2.05, 4.69) is 5.32 Å². The van der Waals surface area contributed by atoms with Gasteiger partial charge in [0.2, 0.25) is 5.91 Å². The van der Waals surface area contributed by atoms with Crippen LogP contribution >= 0.6 is 0 Å². The molecule has 0 heterocycles. The summed E-state index contributed by atoms with van der Waals surface area (Å²) in [4.78, 5) is 11.4. The summed E-state index contributed by atoms with van der Waals surface area (Å²) in [7, 11) is 0. The van der Waals surface area contributed by atoms with Crippen molar-refractivity contribution < 1.29 is 9.90 Å². The molecule has 1 aromatic rings. The van der Waals surface area contributed by atoms with Crippen molar-refractivity contribution in [2.45, 2.75) is 26.0 Å². The third kappa shape index (κ3) is 3.34. The van der Waals surface area contributed by atoms with Crippen molar-refractivity contribution in [1.82, 2.24) is 0 Å². The lowest BCUT2D eigenvalue weighted by molar-refractivity contribution is -0.117. The molecule has 0 unspecified atom stereocenters. The molecule has 0 spiro atoms. The van der Waals surface area contributed by atoms with E-state index < -0.39 is 6.04 Å². The molecule has 4 heteroatoms. The number of benzene rings is 1. The van der Waals surface area contributed by atoms with Crippen LogP contribution in [0.25, 0.3) is 0 Å². The van der Waals surface area contributed by atoms with Gasteiger partial charge in [0.15, 0.2) is 0 Å². The Morgan fingerprint density at radius 1 is 1.47 bits per heavy atom. The standard InChI is InChI=1S/C11H16N2O2/c1-2-10(12)11(15)13-9-5-3-8(7-14)4-6-9/h3-6,10,14H,2,7,12H2,1H3,(H,13,15)/t10-/m0/s1. The number of rotatable bonds is 4. The van der Waals surface area contributed by atoms with E-state index in [1.807, 2.05) is 6.92 Å². The fourth-order valence-corrected chi connectivity index (χ4v) is 1.11. The molecule has 0 fully saturated rings. The summed E-state index contributed by atoms with van der Waals surface area (Å²) < 4.78 is 0. The number of nitrogens with one attached hydrogen (secondary N) is 1. The zero-order valence-corrected chi connectivity index (χ0v) is 8.73.